The minimum absolute atomic E-state index is 0.0939. The third-order valence-electron chi connectivity index (χ3n) is 8.47. The van der Waals surface area contributed by atoms with Gasteiger partial charge in [-0.1, -0.05) is 43.1 Å². The highest BCUT2D eigenvalue weighted by Crippen LogP contribution is 2.66. The Balaban J connectivity index is 1.79. The lowest BCUT2D eigenvalue weighted by atomic mass is 9.52. The number of hydrogen-bond donors (Lipinski definition) is 4. The molecule has 33 heavy (non-hydrogen) atoms. The number of aliphatic hydroxyl groups excluding tert-OH is 1. The molecule has 9 heteroatoms. The molecule has 1 aromatic rings. The fourth-order valence-corrected chi connectivity index (χ4v) is 7.27. The Morgan fingerprint density at radius 3 is 2.58 bits per heavy atom. The number of rotatable bonds is 2. The summed E-state index contributed by atoms with van der Waals surface area (Å²) >= 11 is 12.4. The minimum Gasteiger partial charge on any atom is -0.480 e. The molecule has 3 unspecified atom stereocenters. The van der Waals surface area contributed by atoms with Crippen LogP contribution in [0.25, 0.3) is 0 Å². The van der Waals surface area contributed by atoms with Gasteiger partial charge in [-0.15, -0.1) is 0 Å². The van der Waals surface area contributed by atoms with E-state index in [2.05, 4.69) is 29.5 Å². The number of fused-ring (bicyclic) bond motifs is 3. The second kappa shape index (κ2) is 7.75. The quantitative estimate of drug-likeness (QED) is 0.461. The van der Waals surface area contributed by atoms with Crippen LogP contribution in [0.2, 0.25) is 5.15 Å². The van der Waals surface area contributed by atoms with Crippen LogP contribution in [0.3, 0.4) is 0 Å². The summed E-state index contributed by atoms with van der Waals surface area (Å²) in [5.74, 6) is -2.74. The van der Waals surface area contributed by atoms with Crippen molar-refractivity contribution in [3.05, 3.63) is 51.6 Å². The van der Waals surface area contributed by atoms with E-state index < -0.39 is 40.9 Å². The number of aliphatic carboxylic acids is 1. The molecule has 5 rings (SSSR count). The molecule has 2 saturated heterocycles. The molecule has 2 aliphatic heterocycles. The van der Waals surface area contributed by atoms with Crippen molar-refractivity contribution in [1.82, 2.24) is 15.6 Å². The molecule has 4 N–H and O–H groups in total. The predicted molar refractivity (Wildman–Crippen MR) is 123 cm³/mol. The average Bonchev–Trinajstić information content (AvgIpc) is 3.20. The van der Waals surface area contributed by atoms with Crippen molar-refractivity contribution in [2.45, 2.75) is 75.7 Å². The van der Waals surface area contributed by atoms with Gasteiger partial charge in [-0.05, 0) is 54.4 Å². The lowest BCUT2D eigenvalue weighted by Gasteiger charge is -2.53. The van der Waals surface area contributed by atoms with Gasteiger partial charge in [-0.25, -0.2) is 9.37 Å². The molecule has 3 fully saturated rings. The largest absolute Gasteiger partial charge is 0.480 e. The summed E-state index contributed by atoms with van der Waals surface area (Å²) < 4.78 is 15.4. The van der Waals surface area contributed by atoms with Crippen LogP contribution in [0.1, 0.15) is 57.4 Å². The highest BCUT2D eigenvalue weighted by Gasteiger charge is 2.73. The standard InChI is InChI=1S/C24H28Cl2FN3O3/c1-22(2)6-8-23(9-7-22)24(14-4-3-12(25)11-15(14)29-21(24)33)16(18(30-23)20(31)32)13-5-10-28-19(26)17(13)27/h3-5,10,15-16,18,21,29-30,33H,6-9,11H2,1-2H3,(H,31,32)/t15?,16?,18-,21?,24-/m1/s1. The Morgan fingerprint density at radius 2 is 1.91 bits per heavy atom. The Labute approximate surface area is 202 Å². The topological polar surface area (TPSA) is 94.5 Å². The second-order valence-corrected chi connectivity index (χ2v) is 11.5. The Bertz CT molecular complexity index is 1070. The van der Waals surface area contributed by atoms with Crippen LogP contribution in [-0.4, -0.2) is 45.0 Å². The van der Waals surface area contributed by atoms with E-state index >= 15 is 4.39 Å². The van der Waals surface area contributed by atoms with E-state index in [0.717, 1.165) is 18.4 Å². The van der Waals surface area contributed by atoms with Gasteiger partial charge in [-0.3, -0.25) is 15.4 Å². The summed E-state index contributed by atoms with van der Waals surface area (Å²) in [6.45, 7) is 4.40. The molecule has 3 heterocycles. The van der Waals surface area contributed by atoms with Gasteiger partial charge in [-0.2, -0.15) is 0 Å². The Morgan fingerprint density at radius 1 is 1.21 bits per heavy atom. The number of aromatic nitrogens is 1. The number of carboxylic acids is 1. The summed E-state index contributed by atoms with van der Waals surface area (Å²) in [7, 11) is 0. The van der Waals surface area contributed by atoms with Crippen LogP contribution in [0.5, 0.6) is 0 Å². The van der Waals surface area contributed by atoms with Crippen molar-refractivity contribution in [3.8, 4) is 0 Å². The Kier molecular flexibility index (Phi) is 5.46. The SMILES string of the molecule is CC1(C)CCC2(CC1)N[C@@H](C(=O)O)C(c1ccnc(Cl)c1F)[C@@]21C2=CC=C(Cl)CC2NC1O. The lowest BCUT2D eigenvalue weighted by Crippen LogP contribution is -2.61. The van der Waals surface area contributed by atoms with Crippen LogP contribution in [-0.2, 0) is 4.79 Å². The number of allylic oxidation sites excluding steroid dienone is 2. The number of nitrogens with one attached hydrogen (secondary N) is 2. The first-order valence-electron chi connectivity index (χ1n) is 11.3. The second-order valence-electron chi connectivity index (χ2n) is 10.6. The van der Waals surface area contributed by atoms with E-state index in [0.29, 0.717) is 24.3 Å². The summed E-state index contributed by atoms with van der Waals surface area (Å²) in [5, 5.41) is 29.0. The van der Waals surface area contributed by atoms with Crippen molar-refractivity contribution in [3.63, 3.8) is 0 Å². The maximum atomic E-state index is 15.4. The average molecular weight is 496 g/mol. The molecule has 0 aromatic carbocycles. The van der Waals surface area contributed by atoms with Crippen molar-refractivity contribution in [1.29, 1.82) is 0 Å². The summed E-state index contributed by atoms with van der Waals surface area (Å²) in [5.41, 5.74) is -0.733. The molecule has 4 aliphatic rings. The van der Waals surface area contributed by atoms with E-state index in [4.69, 9.17) is 23.2 Å². The lowest BCUT2D eigenvalue weighted by molar-refractivity contribution is -0.139. The fraction of sp³-hybridized carbons (Fsp3) is 0.583. The molecule has 6 nitrogen and oxygen atoms in total. The number of aliphatic hydroxyl groups is 1. The normalized spacial score (nSPS) is 36.5. The molecule has 5 atom stereocenters. The number of halogens is 3. The van der Waals surface area contributed by atoms with Crippen molar-refractivity contribution < 1.29 is 19.4 Å². The first-order chi connectivity index (χ1) is 15.5. The highest BCUT2D eigenvalue weighted by molar-refractivity contribution is 6.30. The molecule has 2 aliphatic carbocycles. The van der Waals surface area contributed by atoms with Crippen LogP contribution in [0.4, 0.5) is 4.39 Å². The highest BCUT2D eigenvalue weighted by atomic mass is 35.5. The maximum Gasteiger partial charge on any atom is 0.321 e. The van der Waals surface area contributed by atoms with Crippen molar-refractivity contribution >= 4 is 29.2 Å². The minimum atomic E-state index is -1.11. The maximum absolute atomic E-state index is 15.4. The van der Waals surface area contributed by atoms with E-state index in [9.17, 15) is 15.0 Å². The van der Waals surface area contributed by atoms with E-state index in [1.54, 1.807) is 6.08 Å². The molecule has 0 radical (unpaired) electrons. The van der Waals surface area contributed by atoms with E-state index in [1.165, 1.54) is 12.3 Å². The predicted octanol–water partition coefficient (Wildman–Crippen LogP) is 4.08. The van der Waals surface area contributed by atoms with Crippen molar-refractivity contribution in [2.75, 3.05) is 0 Å². The molecule has 2 spiro atoms. The van der Waals surface area contributed by atoms with Crippen LogP contribution in [0, 0.1) is 16.6 Å². The van der Waals surface area contributed by atoms with Gasteiger partial charge in [0.2, 0.25) is 0 Å². The van der Waals surface area contributed by atoms with Gasteiger partial charge in [0.1, 0.15) is 12.3 Å². The van der Waals surface area contributed by atoms with Crippen LogP contribution >= 0.6 is 23.2 Å². The summed E-state index contributed by atoms with van der Waals surface area (Å²) in [6, 6.07) is 0.113. The third kappa shape index (κ3) is 3.23. The molecule has 1 aromatic heterocycles. The molecule has 178 valence electrons. The third-order valence-corrected chi connectivity index (χ3v) is 9.01. The van der Waals surface area contributed by atoms with Gasteiger partial charge in [0, 0.05) is 35.1 Å². The zero-order valence-electron chi connectivity index (χ0n) is 18.5. The van der Waals surface area contributed by atoms with Crippen molar-refractivity contribution in [2.24, 2.45) is 10.8 Å². The van der Waals surface area contributed by atoms with E-state index in [-0.39, 0.29) is 22.2 Å². The van der Waals surface area contributed by atoms with Crippen LogP contribution < -0.4 is 10.6 Å². The van der Waals surface area contributed by atoms with Gasteiger partial charge in [0.05, 0.1) is 5.41 Å². The van der Waals surface area contributed by atoms with Gasteiger partial charge in [0.25, 0.3) is 0 Å². The molecular weight excluding hydrogens is 468 g/mol. The monoisotopic (exact) mass is 495 g/mol. The molecule has 0 bridgehead atoms. The zero-order valence-corrected chi connectivity index (χ0v) is 20.0. The van der Waals surface area contributed by atoms with Gasteiger partial charge >= 0.3 is 5.97 Å². The zero-order chi connectivity index (χ0) is 23.8. The van der Waals surface area contributed by atoms with Gasteiger partial charge < -0.3 is 10.2 Å². The number of carboxylic acid groups (broad SMARTS) is 1. The van der Waals surface area contributed by atoms with Gasteiger partial charge in [0.15, 0.2) is 11.0 Å². The molecule has 0 amide bonds. The first kappa shape index (κ1) is 23.2. The molecular formula is C24H28Cl2FN3O3. The fourth-order valence-electron chi connectivity index (χ4n) is 6.89. The van der Waals surface area contributed by atoms with Crippen LogP contribution in [0.15, 0.2) is 35.0 Å². The number of carbonyl (C=O) groups is 1. The first-order valence-corrected chi connectivity index (χ1v) is 12.1. The number of pyridine rings is 1. The summed E-state index contributed by atoms with van der Waals surface area (Å²) in [6.07, 6.45) is 7.47. The molecule has 1 saturated carbocycles. The van der Waals surface area contributed by atoms with E-state index in [1.807, 2.05) is 6.08 Å². The Hall–Kier alpha value is -1.51. The summed E-state index contributed by atoms with van der Waals surface area (Å²) in [4.78, 5) is 16.4. The number of hydrogen-bond acceptors (Lipinski definition) is 5. The smallest absolute Gasteiger partial charge is 0.321 e. The number of nitrogens with zero attached hydrogens (tertiary/aromatic N) is 1.